The number of benzene rings is 1. The Balaban J connectivity index is 2.24. The number of unbranched alkanes of at least 4 members (excludes halogenated alkanes) is 3. The fourth-order valence-corrected chi connectivity index (χ4v) is 1.89. The fraction of sp³-hybridized carbons (Fsp3) is 0.500. The molecule has 0 bridgehead atoms. The van der Waals surface area contributed by atoms with Crippen LogP contribution in [-0.2, 0) is 12.8 Å². The van der Waals surface area contributed by atoms with Crippen LogP contribution in [0, 0.1) is 12.3 Å². The van der Waals surface area contributed by atoms with Gasteiger partial charge in [0.25, 0.3) is 0 Å². The third-order valence-corrected chi connectivity index (χ3v) is 2.85. The molecule has 0 aliphatic heterocycles. The van der Waals surface area contributed by atoms with E-state index in [1.807, 2.05) is 0 Å². The molecule has 0 amide bonds. The Bertz CT molecular complexity index is 313. The summed E-state index contributed by atoms with van der Waals surface area (Å²) in [7, 11) is 0. The van der Waals surface area contributed by atoms with Gasteiger partial charge in [-0.1, -0.05) is 44.0 Å². The second-order valence-electron chi connectivity index (χ2n) is 4.33. The van der Waals surface area contributed by atoms with Crippen molar-refractivity contribution in [2.45, 2.75) is 51.9 Å². The van der Waals surface area contributed by atoms with Crippen molar-refractivity contribution in [3.63, 3.8) is 0 Å². The van der Waals surface area contributed by atoms with Crippen LogP contribution in [0.4, 0.5) is 0 Å². The van der Waals surface area contributed by atoms with Crippen molar-refractivity contribution >= 4 is 0 Å². The Hall–Kier alpha value is -1.22. The van der Waals surface area contributed by atoms with Crippen molar-refractivity contribution < 1.29 is 0 Å². The Labute approximate surface area is 100 Å². The first-order chi connectivity index (χ1) is 7.86. The summed E-state index contributed by atoms with van der Waals surface area (Å²) in [5, 5.41) is 0. The highest BCUT2D eigenvalue weighted by Gasteiger charge is 1.95. The highest BCUT2D eigenvalue weighted by atomic mass is 14.0. The number of aryl methyl sites for hydroxylation is 2. The van der Waals surface area contributed by atoms with Crippen molar-refractivity contribution in [2.24, 2.45) is 0 Å². The Morgan fingerprint density at radius 3 is 2.12 bits per heavy atom. The van der Waals surface area contributed by atoms with Gasteiger partial charge in [-0.15, -0.1) is 12.3 Å². The molecule has 0 radical (unpaired) electrons. The SMILES string of the molecule is C#CCCCCCc1ccc(CCC)cc1. The number of hydrogen-bond donors (Lipinski definition) is 0. The standard InChI is InChI=1S/C16H22/c1-3-5-6-7-8-10-16-13-11-15(9-4-2)12-14-16/h1,11-14H,4-10H2,2H3. The van der Waals surface area contributed by atoms with Gasteiger partial charge in [0.1, 0.15) is 0 Å². The predicted molar refractivity (Wildman–Crippen MR) is 71.4 cm³/mol. The minimum atomic E-state index is 0.926. The van der Waals surface area contributed by atoms with Crippen molar-refractivity contribution in [2.75, 3.05) is 0 Å². The summed E-state index contributed by atoms with van der Waals surface area (Å²) < 4.78 is 0. The highest BCUT2D eigenvalue weighted by molar-refractivity contribution is 5.22. The first kappa shape index (κ1) is 12.8. The van der Waals surface area contributed by atoms with E-state index in [-0.39, 0.29) is 0 Å². The molecule has 0 saturated heterocycles. The lowest BCUT2D eigenvalue weighted by atomic mass is 10.0. The van der Waals surface area contributed by atoms with Gasteiger partial charge in [0.15, 0.2) is 0 Å². The molecule has 0 aliphatic rings. The summed E-state index contributed by atoms with van der Waals surface area (Å²) in [6.07, 6.45) is 13.4. The van der Waals surface area contributed by atoms with Crippen molar-refractivity contribution in [3.8, 4) is 12.3 Å². The van der Waals surface area contributed by atoms with Crippen LogP contribution in [0.3, 0.4) is 0 Å². The third kappa shape index (κ3) is 5.03. The van der Waals surface area contributed by atoms with Gasteiger partial charge in [-0.25, -0.2) is 0 Å². The van der Waals surface area contributed by atoms with Gasteiger partial charge in [0.05, 0.1) is 0 Å². The Morgan fingerprint density at radius 2 is 1.56 bits per heavy atom. The average Bonchev–Trinajstić information content (AvgIpc) is 2.31. The van der Waals surface area contributed by atoms with Gasteiger partial charge < -0.3 is 0 Å². The average molecular weight is 214 g/mol. The van der Waals surface area contributed by atoms with Gasteiger partial charge in [-0.2, -0.15) is 0 Å². The zero-order valence-corrected chi connectivity index (χ0v) is 10.3. The monoisotopic (exact) mass is 214 g/mol. The second-order valence-corrected chi connectivity index (χ2v) is 4.33. The minimum Gasteiger partial charge on any atom is -0.120 e. The number of rotatable bonds is 7. The molecule has 0 aromatic heterocycles. The molecule has 0 nitrogen and oxygen atoms in total. The molecular weight excluding hydrogens is 192 g/mol. The van der Waals surface area contributed by atoms with Gasteiger partial charge >= 0.3 is 0 Å². The largest absolute Gasteiger partial charge is 0.120 e. The van der Waals surface area contributed by atoms with E-state index in [2.05, 4.69) is 37.1 Å². The lowest BCUT2D eigenvalue weighted by Gasteiger charge is -2.03. The topological polar surface area (TPSA) is 0 Å². The molecule has 0 saturated carbocycles. The second kappa shape index (κ2) is 7.99. The first-order valence-corrected chi connectivity index (χ1v) is 6.38. The molecule has 0 fully saturated rings. The van der Waals surface area contributed by atoms with E-state index in [1.165, 1.54) is 49.7 Å². The van der Waals surface area contributed by atoms with Crippen LogP contribution in [-0.4, -0.2) is 0 Å². The number of terminal acetylenes is 1. The van der Waals surface area contributed by atoms with E-state index < -0.39 is 0 Å². The van der Waals surface area contributed by atoms with E-state index in [0.717, 1.165) is 6.42 Å². The Morgan fingerprint density at radius 1 is 0.938 bits per heavy atom. The van der Waals surface area contributed by atoms with Gasteiger partial charge in [0, 0.05) is 6.42 Å². The van der Waals surface area contributed by atoms with E-state index in [4.69, 9.17) is 6.42 Å². The van der Waals surface area contributed by atoms with Crippen LogP contribution < -0.4 is 0 Å². The highest BCUT2D eigenvalue weighted by Crippen LogP contribution is 2.10. The summed E-state index contributed by atoms with van der Waals surface area (Å²) in [5.74, 6) is 2.69. The molecule has 0 spiro atoms. The smallest absolute Gasteiger partial charge is 0.00860 e. The molecule has 86 valence electrons. The van der Waals surface area contributed by atoms with E-state index in [1.54, 1.807) is 0 Å². The quantitative estimate of drug-likeness (QED) is 0.467. The van der Waals surface area contributed by atoms with E-state index >= 15 is 0 Å². The fourth-order valence-electron chi connectivity index (χ4n) is 1.89. The molecule has 0 heteroatoms. The molecule has 0 heterocycles. The lowest BCUT2D eigenvalue weighted by Crippen LogP contribution is -1.88. The molecular formula is C16H22. The molecule has 1 aromatic rings. The maximum absolute atomic E-state index is 5.22. The Kier molecular flexibility index (Phi) is 6.42. The van der Waals surface area contributed by atoms with Crippen LogP contribution in [0.15, 0.2) is 24.3 Å². The predicted octanol–water partition coefficient (Wildman–Crippen LogP) is 4.38. The van der Waals surface area contributed by atoms with Gasteiger partial charge in [0.2, 0.25) is 0 Å². The van der Waals surface area contributed by atoms with Crippen LogP contribution in [0.5, 0.6) is 0 Å². The maximum Gasteiger partial charge on any atom is 0.00860 e. The van der Waals surface area contributed by atoms with Crippen LogP contribution in [0.2, 0.25) is 0 Å². The first-order valence-electron chi connectivity index (χ1n) is 6.38. The van der Waals surface area contributed by atoms with E-state index in [9.17, 15) is 0 Å². The summed E-state index contributed by atoms with van der Waals surface area (Å²) >= 11 is 0. The molecule has 0 N–H and O–H groups in total. The van der Waals surface area contributed by atoms with Gasteiger partial charge in [-0.05, 0) is 36.8 Å². The minimum absolute atomic E-state index is 0.926. The molecule has 0 atom stereocenters. The van der Waals surface area contributed by atoms with E-state index in [0.29, 0.717) is 0 Å². The third-order valence-electron chi connectivity index (χ3n) is 2.85. The molecule has 0 aliphatic carbocycles. The van der Waals surface area contributed by atoms with Gasteiger partial charge in [-0.3, -0.25) is 0 Å². The van der Waals surface area contributed by atoms with Crippen molar-refractivity contribution in [1.29, 1.82) is 0 Å². The zero-order chi connectivity index (χ0) is 11.6. The van der Waals surface area contributed by atoms with Crippen LogP contribution >= 0.6 is 0 Å². The maximum atomic E-state index is 5.22. The molecule has 1 aromatic carbocycles. The zero-order valence-electron chi connectivity index (χ0n) is 10.3. The van der Waals surface area contributed by atoms with Crippen LogP contribution in [0.25, 0.3) is 0 Å². The lowest BCUT2D eigenvalue weighted by molar-refractivity contribution is 0.692. The normalized spacial score (nSPS) is 10.0. The molecule has 0 unspecified atom stereocenters. The number of hydrogen-bond acceptors (Lipinski definition) is 0. The summed E-state index contributed by atoms with van der Waals surface area (Å²) in [4.78, 5) is 0. The summed E-state index contributed by atoms with van der Waals surface area (Å²) in [5.41, 5.74) is 2.92. The molecule has 1 rings (SSSR count). The van der Waals surface area contributed by atoms with Crippen molar-refractivity contribution in [3.05, 3.63) is 35.4 Å². The van der Waals surface area contributed by atoms with Crippen LogP contribution in [0.1, 0.15) is 50.2 Å². The molecule has 16 heavy (non-hydrogen) atoms. The summed E-state index contributed by atoms with van der Waals surface area (Å²) in [6.45, 7) is 2.22. The van der Waals surface area contributed by atoms with Crippen molar-refractivity contribution in [1.82, 2.24) is 0 Å². The summed E-state index contributed by atoms with van der Waals surface area (Å²) in [6, 6.07) is 9.07.